The van der Waals surface area contributed by atoms with Gasteiger partial charge in [-0.2, -0.15) is 0 Å². The lowest BCUT2D eigenvalue weighted by Crippen LogP contribution is -1.85. The molecule has 1 nitrogen and oxygen atoms in total. The van der Waals surface area contributed by atoms with Gasteiger partial charge in [0.05, 0.1) is 3.57 Å². The Morgan fingerprint density at radius 1 is 0.867 bits per heavy atom. The van der Waals surface area contributed by atoms with E-state index in [1.807, 2.05) is 42.5 Å². The first kappa shape index (κ1) is 11.2. The van der Waals surface area contributed by atoms with Crippen LogP contribution in [0.4, 0.5) is 0 Å². The lowest BCUT2D eigenvalue weighted by Gasteiger charge is -2.06. The van der Waals surface area contributed by atoms with Crippen LogP contribution < -0.4 is 0 Å². The minimum Gasteiger partial charge on any atom is -0.507 e. The molecule has 15 heavy (non-hydrogen) atoms. The van der Waals surface area contributed by atoms with Gasteiger partial charge in [-0.3, -0.25) is 0 Å². The standard InChI is InChI=1S/C12H8I2O/c13-10-7-11(14)12(15)6-9(10)8-4-2-1-3-5-8/h1-7,15H. The van der Waals surface area contributed by atoms with Gasteiger partial charge in [0.15, 0.2) is 0 Å². The lowest BCUT2D eigenvalue weighted by molar-refractivity contribution is 0.471. The zero-order valence-electron chi connectivity index (χ0n) is 7.74. The van der Waals surface area contributed by atoms with E-state index in [1.54, 1.807) is 0 Å². The van der Waals surface area contributed by atoms with Crippen molar-refractivity contribution in [2.45, 2.75) is 0 Å². The summed E-state index contributed by atoms with van der Waals surface area (Å²) in [5.74, 6) is 0.342. The zero-order chi connectivity index (χ0) is 10.8. The molecule has 0 aliphatic heterocycles. The summed E-state index contributed by atoms with van der Waals surface area (Å²) in [6, 6.07) is 13.9. The SMILES string of the molecule is Oc1cc(-c2ccccc2)c(I)cc1I. The molecule has 0 atom stereocenters. The Balaban J connectivity index is 2.59. The van der Waals surface area contributed by atoms with Crippen molar-refractivity contribution in [2.24, 2.45) is 0 Å². The highest BCUT2D eigenvalue weighted by Crippen LogP contribution is 2.31. The van der Waals surface area contributed by atoms with Crippen LogP contribution in [-0.2, 0) is 0 Å². The number of phenols is 1. The van der Waals surface area contributed by atoms with Crippen molar-refractivity contribution in [3.63, 3.8) is 0 Å². The molecule has 0 spiro atoms. The van der Waals surface area contributed by atoms with Crippen LogP contribution in [0.25, 0.3) is 11.1 Å². The molecule has 0 heterocycles. The third-order valence-corrected chi connectivity index (χ3v) is 3.88. The zero-order valence-corrected chi connectivity index (χ0v) is 12.1. The summed E-state index contributed by atoms with van der Waals surface area (Å²) in [5.41, 5.74) is 2.21. The largest absolute Gasteiger partial charge is 0.507 e. The number of halogens is 2. The van der Waals surface area contributed by atoms with Gasteiger partial charge in [-0.25, -0.2) is 0 Å². The number of rotatable bonds is 1. The Bertz CT molecular complexity index is 480. The van der Waals surface area contributed by atoms with E-state index in [-0.39, 0.29) is 0 Å². The van der Waals surface area contributed by atoms with Gasteiger partial charge in [-0.05, 0) is 68.4 Å². The molecule has 0 radical (unpaired) electrons. The first-order chi connectivity index (χ1) is 7.18. The number of benzene rings is 2. The average molecular weight is 422 g/mol. The Labute approximate surface area is 116 Å². The van der Waals surface area contributed by atoms with E-state index >= 15 is 0 Å². The molecule has 0 bridgehead atoms. The van der Waals surface area contributed by atoms with Crippen LogP contribution in [0.15, 0.2) is 42.5 Å². The van der Waals surface area contributed by atoms with E-state index in [9.17, 15) is 5.11 Å². The van der Waals surface area contributed by atoms with Crippen LogP contribution in [0.1, 0.15) is 0 Å². The predicted octanol–water partition coefficient (Wildman–Crippen LogP) is 4.27. The first-order valence-corrected chi connectivity index (χ1v) is 6.57. The quantitative estimate of drug-likeness (QED) is 0.682. The molecule has 2 aromatic carbocycles. The maximum absolute atomic E-state index is 9.68. The van der Waals surface area contributed by atoms with Crippen LogP contribution >= 0.6 is 45.2 Å². The molecule has 0 fully saturated rings. The third-order valence-electron chi connectivity index (χ3n) is 2.12. The average Bonchev–Trinajstić information content (AvgIpc) is 2.25. The van der Waals surface area contributed by atoms with Crippen molar-refractivity contribution in [2.75, 3.05) is 0 Å². The molecule has 0 unspecified atom stereocenters. The maximum Gasteiger partial charge on any atom is 0.129 e. The maximum atomic E-state index is 9.68. The summed E-state index contributed by atoms with van der Waals surface area (Å²) >= 11 is 4.42. The van der Waals surface area contributed by atoms with Gasteiger partial charge in [0.1, 0.15) is 5.75 Å². The molecule has 0 saturated heterocycles. The van der Waals surface area contributed by atoms with Crippen molar-refractivity contribution >= 4 is 45.2 Å². The molecule has 0 aliphatic rings. The Kier molecular flexibility index (Phi) is 3.50. The molecule has 2 rings (SSSR count). The second-order valence-electron chi connectivity index (χ2n) is 3.15. The molecule has 76 valence electrons. The highest BCUT2D eigenvalue weighted by Gasteiger charge is 2.06. The molecule has 3 heteroatoms. The Morgan fingerprint density at radius 2 is 1.53 bits per heavy atom. The smallest absolute Gasteiger partial charge is 0.129 e. The fourth-order valence-electron chi connectivity index (χ4n) is 1.38. The van der Waals surface area contributed by atoms with Crippen LogP contribution in [0.2, 0.25) is 0 Å². The molecular formula is C12H8I2O. The van der Waals surface area contributed by atoms with E-state index < -0.39 is 0 Å². The lowest BCUT2D eigenvalue weighted by atomic mass is 10.1. The summed E-state index contributed by atoms with van der Waals surface area (Å²) < 4.78 is 2.04. The molecule has 0 aromatic heterocycles. The molecule has 0 aliphatic carbocycles. The molecule has 0 saturated carbocycles. The Hall–Kier alpha value is -0.300. The van der Waals surface area contributed by atoms with E-state index in [4.69, 9.17) is 0 Å². The van der Waals surface area contributed by atoms with Crippen molar-refractivity contribution in [1.82, 2.24) is 0 Å². The van der Waals surface area contributed by atoms with Crippen LogP contribution in [-0.4, -0.2) is 5.11 Å². The van der Waals surface area contributed by atoms with Crippen molar-refractivity contribution < 1.29 is 5.11 Å². The second-order valence-corrected chi connectivity index (χ2v) is 5.47. The van der Waals surface area contributed by atoms with E-state index in [0.29, 0.717) is 5.75 Å². The van der Waals surface area contributed by atoms with E-state index in [2.05, 4.69) is 45.2 Å². The van der Waals surface area contributed by atoms with Crippen molar-refractivity contribution in [1.29, 1.82) is 0 Å². The van der Waals surface area contributed by atoms with E-state index in [1.165, 1.54) is 0 Å². The number of hydrogen-bond acceptors (Lipinski definition) is 1. The first-order valence-electron chi connectivity index (χ1n) is 4.42. The summed E-state index contributed by atoms with van der Waals surface area (Å²) in [4.78, 5) is 0. The summed E-state index contributed by atoms with van der Waals surface area (Å²) in [7, 11) is 0. The minimum absolute atomic E-state index is 0.342. The molecule has 2 aromatic rings. The van der Waals surface area contributed by atoms with Gasteiger partial charge in [-0.15, -0.1) is 0 Å². The van der Waals surface area contributed by atoms with Gasteiger partial charge in [0.2, 0.25) is 0 Å². The van der Waals surface area contributed by atoms with Crippen LogP contribution in [0, 0.1) is 7.14 Å². The van der Waals surface area contributed by atoms with Gasteiger partial charge >= 0.3 is 0 Å². The summed E-state index contributed by atoms with van der Waals surface area (Å²) in [6.07, 6.45) is 0. The molecule has 0 amide bonds. The summed E-state index contributed by atoms with van der Waals surface area (Å²) in [5, 5.41) is 9.68. The van der Waals surface area contributed by atoms with E-state index in [0.717, 1.165) is 18.3 Å². The van der Waals surface area contributed by atoms with Crippen LogP contribution in [0.3, 0.4) is 0 Å². The predicted molar refractivity (Wildman–Crippen MR) is 79.0 cm³/mol. The number of aromatic hydroxyl groups is 1. The fourth-order valence-corrected chi connectivity index (χ4v) is 3.22. The van der Waals surface area contributed by atoms with Crippen molar-refractivity contribution in [3.8, 4) is 16.9 Å². The molecular weight excluding hydrogens is 414 g/mol. The van der Waals surface area contributed by atoms with Crippen LogP contribution in [0.5, 0.6) is 5.75 Å². The topological polar surface area (TPSA) is 20.2 Å². The monoisotopic (exact) mass is 422 g/mol. The third kappa shape index (κ3) is 2.44. The Morgan fingerprint density at radius 3 is 2.20 bits per heavy atom. The highest BCUT2D eigenvalue weighted by molar-refractivity contribution is 14.1. The van der Waals surface area contributed by atoms with Gasteiger partial charge < -0.3 is 5.11 Å². The second kappa shape index (κ2) is 4.69. The van der Waals surface area contributed by atoms with Crippen molar-refractivity contribution in [3.05, 3.63) is 49.6 Å². The fraction of sp³-hybridized carbons (Fsp3) is 0. The normalized spacial score (nSPS) is 10.3. The van der Waals surface area contributed by atoms with Gasteiger partial charge in [0.25, 0.3) is 0 Å². The van der Waals surface area contributed by atoms with Gasteiger partial charge in [0, 0.05) is 3.57 Å². The minimum atomic E-state index is 0.342. The number of hydrogen-bond donors (Lipinski definition) is 1. The molecule has 1 N–H and O–H groups in total. The van der Waals surface area contributed by atoms with Gasteiger partial charge in [-0.1, -0.05) is 30.3 Å². The number of phenolic OH excluding ortho intramolecular Hbond substituents is 1. The summed E-state index contributed by atoms with van der Waals surface area (Å²) in [6.45, 7) is 0. The highest BCUT2D eigenvalue weighted by atomic mass is 127.